The first-order valence-corrected chi connectivity index (χ1v) is 8.13. The summed E-state index contributed by atoms with van der Waals surface area (Å²) in [6, 6.07) is 28.7. The topological polar surface area (TPSA) is 20.2 Å². The molecule has 3 rings (SSSR count). The number of para-hydroxylation sites is 1. The van der Waals surface area contributed by atoms with Gasteiger partial charge in [0, 0.05) is 11.5 Å². The van der Waals surface area contributed by atoms with Crippen molar-refractivity contribution in [2.24, 2.45) is 0 Å². The summed E-state index contributed by atoms with van der Waals surface area (Å²) < 4.78 is 0. The van der Waals surface area contributed by atoms with Crippen molar-refractivity contribution < 1.29 is 5.11 Å². The molecule has 0 aliphatic carbocycles. The van der Waals surface area contributed by atoms with Gasteiger partial charge in [0.25, 0.3) is 0 Å². The Bertz CT molecular complexity index is 734. The van der Waals surface area contributed by atoms with Gasteiger partial charge in [-0.05, 0) is 29.5 Å². The lowest BCUT2D eigenvalue weighted by Gasteiger charge is -2.23. The number of hydrogen-bond donors (Lipinski definition) is 1. The molecule has 1 nitrogen and oxygen atoms in total. The molecule has 3 aromatic carbocycles. The summed E-state index contributed by atoms with van der Waals surface area (Å²) in [6.45, 7) is 2.26. The Morgan fingerprint density at radius 2 is 1.22 bits per heavy atom. The standard InChI is InChI=1S/C22H22O/c1-17(18-10-4-2-5-11-18)16-21(19-12-6-3-7-13-19)20-14-8-9-15-22(20)23/h2-15,17,21,23H,16H2,1H3. The summed E-state index contributed by atoms with van der Waals surface area (Å²) in [5.74, 6) is 0.982. The SMILES string of the molecule is CC(CC(c1ccccc1)c1ccccc1O)c1ccccc1. The van der Waals surface area contributed by atoms with Gasteiger partial charge in [-0.3, -0.25) is 0 Å². The van der Waals surface area contributed by atoms with Gasteiger partial charge in [-0.25, -0.2) is 0 Å². The molecule has 2 atom stereocenters. The number of benzene rings is 3. The summed E-state index contributed by atoms with van der Waals surface area (Å²) in [5.41, 5.74) is 3.59. The van der Waals surface area contributed by atoms with Crippen molar-refractivity contribution in [3.05, 3.63) is 102 Å². The first-order chi connectivity index (χ1) is 11.3. The molecule has 0 aliphatic heterocycles. The fourth-order valence-corrected chi connectivity index (χ4v) is 3.18. The van der Waals surface area contributed by atoms with E-state index in [1.54, 1.807) is 6.07 Å². The fourth-order valence-electron chi connectivity index (χ4n) is 3.18. The van der Waals surface area contributed by atoms with Gasteiger partial charge in [0.15, 0.2) is 0 Å². The average molecular weight is 302 g/mol. The quantitative estimate of drug-likeness (QED) is 0.639. The second-order valence-electron chi connectivity index (χ2n) is 6.07. The molecule has 0 radical (unpaired) electrons. The highest BCUT2D eigenvalue weighted by molar-refractivity contribution is 5.41. The van der Waals surface area contributed by atoms with Crippen molar-refractivity contribution in [1.29, 1.82) is 0 Å². The first kappa shape index (κ1) is 15.4. The van der Waals surface area contributed by atoms with E-state index in [1.165, 1.54) is 11.1 Å². The molecule has 0 aromatic heterocycles. The second kappa shape index (κ2) is 7.15. The van der Waals surface area contributed by atoms with Crippen LogP contribution in [0.25, 0.3) is 0 Å². The van der Waals surface area contributed by atoms with E-state index in [0.717, 1.165) is 12.0 Å². The van der Waals surface area contributed by atoms with Crippen LogP contribution in [0.3, 0.4) is 0 Å². The van der Waals surface area contributed by atoms with Crippen LogP contribution in [0.5, 0.6) is 5.75 Å². The smallest absolute Gasteiger partial charge is 0.119 e. The Morgan fingerprint density at radius 3 is 1.83 bits per heavy atom. The highest BCUT2D eigenvalue weighted by atomic mass is 16.3. The molecule has 1 heteroatoms. The molecular weight excluding hydrogens is 280 g/mol. The lowest BCUT2D eigenvalue weighted by Crippen LogP contribution is -2.06. The van der Waals surface area contributed by atoms with Crippen molar-refractivity contribution in [2.45, 2.75) is 25.2 Å². The molecule has 0 saturated heterocycles. The maximum atomic E-state index is 10.3. The van der Waals surface area contributed by atoms with Crippen molar-refractivity contribution >= 4 is 0 Å². The molecular formula is C22H22O. The number of rotatable bonds is 5. The second-order valence-corrected chi connectivity index (χ2v) is 6.07. The minimum atomic E-state index is 0.188. The van der Waals surface area contributed by atoms with Crippen LogP contribution in [0.2, 0.25) is 0 Å². The fraction of sp³-hybridized carbons (Fsp3) is 0.182. The average Bonchev–Trinajstić information content (AvgIpc) is 2.62. The minimum absolute atomic E-state index is 0.188. The van der Waals surface area contributed by atoms with Crippen molar-refractivity contribution in [1.82, 2.24) is 0 Å². The van der Waals surface area contributed by atoms with Crippen LogP contribution >= 0.6 is 0 Å². The van der Waals surface area contributed by atoms with Crippen LogP contribution in [0.15, 0.2) is 84.9 Å². The third-order valence-corrected chi connectivity index (χ3v) is 4.47. The highest BCUT2D eigenvalue weighted by Crippen LogP contribution is 2.38. The van der Waals surface area contributed by atoms with Gasteiger partial charge in [-0.1, -0.05) is 85.8 Å². The monoisotopic (exact) mass is 302 g/mol. The number of phenols is 1. The number of aromatic hydroxyl groups is 1. The molecule has 3 aromatic rings. The van der Waals surface area contributed by atoms with E-state index in [4.69, 9.17) is 0 Å². The third-order valence-electron chi connectivity index (χ3n) is 4.47. The third kappa shape index (κ3) is 3.62. The molecule has 0 saturated carbocycles. The van der Waals surface area contributed by atoms with Crippen molar-refractivity contribution in [3.8, 4) is 5.75 Å². The zero-order valence-corrected chi connectivity index (χ0v) is 13.4. The molecule has 0 amide bonds. The van der Waals surface area contributed by atoms with Gasteiger partial charge in [-0.15, -0.1) is 0 Å². The van der Waals surface area contributed by atoms with Gasteiger partial charge in [0.05, 0.1) is 0 Å². The van der Waals surface area contributed by atoms with E-state index in [2.05, 4.69) is 55.5 Å². The molecule has 0 heterocycles. The van der Waals surface area contributed by atoms with Crippen LogP contribution in [-0.2, 0) is 0 Å². The highest BCUT2D eigenvalue weighted by Gasteiger charge is 2.20. The van der Waals surface area contributed by atoms with E-state index in [0.29, 0.717) is 11.7 Å². The minimum Gasteiger partial charge on any atom is -0.508 e. The molecule has 23 heavy (non-hydrogen) atoms. The zero-order chi connectivity index (χ0) is 16.1. The predicted molar refractivity (Wildman–Crippen MR) is 95.9 cm³/mol. The van der Waals surface area contributed by atoms with Crippen LogP contribution in [0.4, 0.5) is 0 Å². The maximum absolute atomic E-state index is 10.3. The van der Waals surface area contributed by atoms with Gasteiger partial charge >= 0.3 is 0 Å². The summed E-state index contributed by atoms with van der Waals surface area (Å²) in [6.07, 6.45) is 0.964. The Balaban J connectivity index is 1.95. The molecule has 0 bridgehead atoms. The van der Waals surface area contributed by atoms with Crippen molar-refractivity contribution in [2.75, 3.05) is 0 Å². The Morgan fingerprint density at radius 1 is 0.696 bits per heavy atom. The lowest BCUT2D eigenvalue weighted by molar-refractivity contribution is 0.460. The van der Waals surface area contributed by atoms with Gasteiger partial charge < -0.3 is 5.11 Å². The van der Waals surface area contributed by atoms with E-state index in [9.17, 15) is 5.11 Å². The Hall–Kier alpha value is -2.54. The molecule has 116 valence electrons. The van der Waals surface area contributed by atoms with Gasteiger partial charge in [-0.2, -0.15) is 0 Å². The van der Waals surface area contributed by atoms with E-state index in [-0.39, 0.29) is 5.92 Å². The Kier molecular flexibility index (Phi) is 4.77. The summed E-state index contributed by atoms with van der Waals surface area (Å²) in [4.78, 5) is 0. The normalized spacial score (nSPS) is 13.4. The first-order valence-electron chi connectivity index (χ1n) is 8.13. The zero-order valence-electron chi connectivity index (χ0n) is 13.4. The van der Waals surface area contributed by atoms with Gasteiger partial charge in [0.2, 0.25) is 0 Å². The number of hydrogen-bond acceptors (Lipinski definition) is 1. The molecule has 0 aliphatic rings. The maximum Gasteiger partial charge on any atom is 0.119 e. The van der Waals surface area contributed by atoms with Gasteiger partial charge in [0.1, 0.15) is 5.75 Å². The van der Waals surface area contributed by atoms with E-state index >= 15 is 0 Å². The molecule has 0 spiro atoms. The van der Waals surface area contributed by atoms with Crippen LogP contribution in [-0.4, -0.2) is 5.11 Å². The van der Waals surface area contributed by atoms with Crippen LogP contribution in [0.1, 0.15) is 41.9 Å². The summed E-state index contributed by atoms with van der Waals surface area (Å²) in [7, 11) is 0. The van der Waals surface area contributed by atoms with Crippen molar-refractivity contribution in [3.63, 3.8) is 0 Å². The molecule has 1 N–H and O–H groups in total. The van der Waals surface area contributed by atoms with Crippen LogP contribution in [0, 0.1) is 0 Å². The van der Waals surface area contributed by atoms with E-state index in [1.807, 2.05) is 30.3 Å². The lowest BCUT2D eigenvalue weighted by atomic mass is 9.81. The van der Waals surface area contributed by atoms with E-state index < -0.39 is 0 Å². The molecule has 2 unspecified atom stereocenters. The predicted octanol–water partition coefficient (Wildman–Crippen LogP) is 5.72. The molecule has 0 fully saturated rings. The number of phenolic OH excluding ortho intramolecular Hbond substituents is 1. The summed E-state index contributed by atoms with van der Waals surface area (Å²) in [5, 5.41) is 10.3. The Labute approximate surface area is 138 Å². The van der Waals surface area contributed by atoms with Crippen LogP contribution < -0.4 is 0 Å². The summed E-state index contributed by atoms with van der Waals surface area (Å²) >= 11 is 0. The largest absolute Gasteiger partial charge is 0.508 e.